The minimum atomic E-state index is -3.44. The Bertz CT molecular complexity index is 582. The first kappa shape index (κ1) is 14.1. The highest BCUT2D eigenvalue weighted by atomic mass is 32.2. The zero-order chi connectivity index (χ0) is 14.3. The number of nitrogens with one attached hydrogen (secondary N) is 1. The summed E-state index contributed by atoms with van der Waals surface area (Å²) >= 11 is 0. The Morgan fingerprint density at radius 1 is 1.37 bits per heavy atom. The Morgan fingerprint density at radius 3 is 2.53 bits per heavy atom. The van der Waals surface area contributed by atoms with Crippen LogP contribution in [0.2, 0.25) is 0 Å². The number of nitrogen functional groups attached to an aromatic ring is 1. The molecule has 3 N–H and O–H groups in total. The summed E-state index contributed by atoms with van der Waals surface area (Å²) in [5.74, 6) is 0. The van der Waals surface area contributed by atoms with Gasteiger partial charge >= 0.3 is 0 Å². The van der Waals surface area contributed by atoms with Gasteiger partial charge in [-0.1, -0.05) is 0 Å². The zero-order valence-corrected chi connectivity index (χ0v) is 12.4. The summed E-state index contributed by atoms with van der Waals surface area (Å²) in [7, 11) is -2.05. The van der Waals surface area contributed by atoms with Crippen molar-refractivity contribution in [2.24, 2.45) is 0 Å². The molecule has 0 radical (unpaired) electrons. The van der Waals surface area contributed by atoms with Gasteiger partial charge in [-0.15, -0.1) is 0 Å². The van der Waals surface area contributed by atoms with Crippen LogP contribution in [0.1, 0.15) is 26.7 Å². The maximum atomic E-state index is 11.7. The highest BCUT2D eigenvalue weighted by Gasteiger charge is 2.33. The third kappa shape index (κ3) is 2.55. The van der Waals surface area contributed by atoms with Crippen molar-refractivity contribution >= 4 is 21.4 Å². The van der Waals surface area contributed by atoms with Gasteiger partial charge in [-0.3, -0.25) is 0 Å². The van der Waals surface area contributed by atoms with Crippen molar-refractivity contribution in [3.63, 3.8) is 0 Å². The van der Waals surface area contributed by atoms with Gasteiger partial charge in [0.1, 0.15) is 0 Å². The smallest absolute Gasteiger partial charge is 0.240 e. The van der Waals surface area contributed by atoms with E-state index in [0.29, 0.717) is 5.69 Å². The van der Waals surface area contributed by atoms with Crippen molar-refractivity contribution in [2.45, 2.75) is 37.1 Å². The second-order valence-corrected chi connectivity index (χ2v) is 7.38. The van der Waals surface area contributed by atoms with Crippen LogP contribution in [0, 0.1) is 0 Å². The van der Waals surface area contributed by atoms with E-state index in [2.05, 4.69) is 23.5 Å². The van der Waals surface area contributed by atoms with E-state index in [4.69, 9.17) is 5.73 Å². The summed E-state index contributed by atoms with van der Waals surface area (Å²) in [5, 5.41) is 0. The summed E-state index contributed by atoms with van der Waals surface area (Å²) in [4.78, 5) is 2.45. The zero-order valence-electron chi connectivity index (χ0n) is 11.6. The molecular formula is C13H21N3O2S. The minimum absolute atomic E-state index is 0.0670. The average Bonchev–Trinajstić information content (AvgIpc) is 2.69. The molecular weight excluding hydrogens is 262 g/mol. The summed E-state index contributed by atoms with van der Waals surface area (Å²) < 4.78 is 25.8. The van der Waals surface area contributed by atoms with Crippen molar-refractivity contribution in [1.82, 2.24) is 4.72 Å². The second kappa shape index (κ2) is 4.68. The summed E-state index contributed by atoms with van der Waals surface area (Å²) in [6.07, 6.45) is 2.24. The molecule has 0 spiro atoms. The summed E-state index contributed by atoms with van der Waals surface area (Å²) in [6, 6.07) is 4.92. The molecule has 0 aromatic heterocycles. The van der Waals surface area contributed by atoms with Crippen LogP contribution in [0.25, 0.3) is 0 Å². The molecule has 1 aliphatic rings. The molecule has 1 aliphatic heterocycles. The fourth-order valence-electron chi connectivity index (χ4n) is 2.62. The topological polar surface area (TPSA) is 75.4 Å². The number of hydrogen-bond donors (Lipinski definition) is 2. The van der Waals surface area contributed by atoms with Crippen molar-refractivity contribution < 1.29 is 8.42 Å². The molecule has 6 heteroatoms. The number of nitrogens with zero attached hydrogens (tertiary/aromatic N) is 1. The van der Waals surface area contributed by atoms with Gasteiger partial charge in [0.2, 0.25) is 10.0 Å². The summed E-state index contributed by atoms with van der Waals surface area (Å²) in [5.41, 5.74) is 7.53. The van der Waals surface area contributed by atoms with Crippen LogP contribution >= 0.6 is 0 Å². The molecule has 1 saturated heterocycles. The number of benzene rings is 1. The van der Waals surface area contributed by atoms with Gasteiger partial charge in [-0.2, -0.15) is 0 Å². The molecule has 0 bridgehead atoms. The third-order valence-corrected chi connectivity index (χ3v) is 5.18. The van der Waals surface area contributed by atoms with E-state index < -0.39 is 10.0 Å². The molecule has 2 rings (SSSR count). The fourth-order valence-corrected chi connectivity index (χ4v) is 3.38. The van der Waals surface area contributed by atoms with Crippen molar-refractivity contribution in [3.8, 4) is 0 Å². The predicted molar refractivity (Wildman–Crippen MR) is 77.8 cm³/mol. The lowest BCUT2D eigenvalue weighted by Crippen LogP contribution is -2.38. The van der Waals surface area contributed by atoms with E-state index in [0.717, 1.165) is 25.1 Å². The van der Waals surface area contributed by atoms with Crippen LogP contribution in [0.15, 0.2) is 23.1 Å². The van der Waals surface area contributed by atoms with E-state index >= 15 is 0 Å². The Balaban J connectivity index is 2.41. The monoisotopic (exact) mass is 283 g/mol. The number of anilines is 2. The lowest BCUT2D eigenvalue weighted by atomic mass is 10.0. The molecule has 0 saturated carbocycles. The minimum Gasteiger partial charge on any atom is -0.397 e. The number of hydrogen-bond acceptors (Lipinski definition) is 4. The first-order valence-corrected chi connectivity index (χ1v) is 7.87. The van der Waals surface area contributed by atoms with Crippen molar-refractivity contribution in [2.75, 3.05) is 24.2 Å². The Morgan fingerprint density at radius 2 is 2.05 bits per heavy atom. The second-order valence-electron chi connectivity index (χ2n) is 5.50. The van der Waals surface area contributed by atoms with Crippen LogP contribution in [0.3, 0.4) is 0 Å². The molecule has 1 aromatic carbocycles. The molecule has 5 nitrogen and oxygen atoms in total. The number of nitrogens with two attached hydrogens (primary N) is 1. The van der Waals surface area contributed by atoms with Crippen LogP contribution in [0.5, 0.6) is 0 Å². The molecule has 1 fully saturated rings. The lowest BCUT2D eigenvalue weighted by Gasteiger charge is -2.34. The van der Waals surface area contributed by atoms with E-state index in [1.54, 1.807) is 12.1 Å². The fraction of sp³-hybridized carbons (Fsp3) is 0.538. The van der Waals surface area contributed by atoms with Crippen LogP contribution in [-0.2, 0) is 10.0 Å². The van der Waals surface area contributed by atoms with Gasteiger partial charge in [0.15, 0.2) is 0 Å². The predicted octanol–water partition coefficient (Wildman–Crippen LogP) is 1.56. The largest absolute Gasteiger partial charge is 0.397 e. The van der Waals surface area contributed by atoms with Gasteiger partial charge in [-0.05, 0) is 51.9 Å². The molecule has 106 valence electrons. The number of rotatable bonds is 3. The van der Waals surface area contributed by atoms with Crippen LogP contribution in [0.4, 0.5) is 11.4 Å². The van der Waals surface area contributed by atoms with Gasteiger partial charge in [0, 0.05) is 12.1 Å². The highest BCUT2D eigenvalue weighted by Crippen LogP contribution is 2.37. The van der Waals surface area contributed by atoms with E-state index in [1.807, 2.05) is 0 Å². The van der Waals surface area contributed by atoms with Gasteiger partial charge in [0.25, 0.3) is 0 Å². The maximum Gasteiger partial charge on any atom is 0.240 e. The molecule has 1 aromatic rings. The maximum absolute atomic E-state index is 11.7. The van der Waals surface area contributed by atoms with E-state index in [-0.39, 0.29) is 10.4 Å². The van der Waals surface area contributed by atoms with Gasteiger partial charge < -0.3 is 10.6 Å². The van der Waals surface area contributed by atoms with E-state index in [9.17, 15) is 8.42 Å². The van der Waals surface area contributed by atoms with E-state index in [1.165, 1.54) is 13.1 Å². The quantitative estimate of drug-likeness (QED) is 0.825. The van der Waals surface area contributed by atoms with Crippen LogP contribution in [-0.4, -0.2) is 27.5 Å². The average molecular weight is 283 g/mol. The molecule has 0 aliphatic carbocycles. The van der Waals surface area contributed by atoms with Crippen LogP contribution < -0.4 is 15.4 Å². The molecule has 0 unspecified atom stereocenters. The SMILES string of the molecule is CNS(=O)(=O)c1ccc(N2CCCC2(C)C)c(N)c1. The van der Waals surface area contributed by atoms with Gasteiger partial charge in [0.05, 0.1) is 16.3 Å². The first-order chi connectivity index (χ1) is 8.78. The molecule has 19 heavy (non-hydrogen) atoms. The molecule has 0 amide bonds. The number of sulfonamides is 1. The van der Waals surface area contributed by atoms with Crippen molar-refractivity contribution in [1.29, 1.82) is 0 Å². The summed E-state index contributed by atoms with van der Waals surface area (Å²) in [6.45, 7) is 5.31. The van der Waals surface area contributed by atoms with Gasteiger partial charge in [-0.25, -0.2) is 13.1 Å². The molecule has 1 heterocycles. The normalized spacial score (nSPS) is 18.8. The lowest BCUT2D eigenvalue weighted by molar-refractivity contribution is 0.518. The molecule has 0 atom stereocenters. The first-order valence-electron chi connectivity index (χ1n) is 6.39. The third-order valence-electron chi connectivity index (χ3n) is 3.77. The highest BCUT2D eigenvalue weighted by molar-refractivity contribution is 7.89. The Labute approximate surface area is 114 Å². The Kier molecular flexibility index (Phi) is 3.49. The van der Waals surface area contributed by atoms with Crippen molar-refractivity contribution in [3.05, 3.63) is 18.2 Å². The Hall–Kier alpha value is -1.27. The standard InChI is InChI=1S/C13H21N3O2S/c1-13(2)7-4-8-16(13)12-6-5-10(9-11(12)14)19(17,18)15-3/h5-6,9,15H,4,7-8,14H2,1-3H3.